The largest absolute Gasteiger partial charge is 0.333 e. The van der Waals surface area contributed by atoms with Gasteiger partial charge in [-0.05, 0) is 6.42 Å². The maximum Gasteiger partial charge on any atom is 0.326 e. The molecule has 1 atom stereocenters. The Balaban J connectivity index is 2.44. The molecule has 1 saturated heterocycles. The number of halogens is 1. The number of hydrogen-bond donors (Lipinski definition) is 1. The Morgan fingerprint density at radius 2 is 2.67 bits per heavy atom. The highest BCUT2D eigenvalue weighted by atomic mass is 127. The fraction of sp³-hybridized carbons (Fsp3) is 0.800. The van der Waals surface area contributed by atoms with E-state index in [9.17, 15) is 4.79 Å². The van der Waals surface area contributed by atoms with Crippen molar-refractivity contribution in [3.8, 4) is 0 Å². The standard InChI is InChI=1S/C5H9IN2O/c1-2-4-3-8(6)5(9)7-4/h4H,2-3H2,1H3,(H,7,9). The summed E-state index contributed by atoms with van der Waals surface area (Å²) in [5.74, 6) is 0. The third-order valence-electron chi connectivity index (χ3n) is 1.42. The third kappa shape index (κ3) is 1.47. The average Bonchev–Trinajstić information content (AvgIpc) is 2.13. The number of amides is 2. The molecule has 1 aliphatic rings. The molecule has 3 nitrogen and oxygen atoms in total. The molecule has 1 unspecified atom stereocenters. The Bertz CT molecular complexity index is 128. The molecule has 0 saturated carbocycles. The van der Waals surface area contributed by atoms with Crippen LogP contribution in [0.1, 0.15) is 13.3 Å². The Hall–Kier alpha value is 0. The fourth-order valence-corrected chi connectivity index (χ4v) is 1.41. The van der Waals surface area contributed by atoms with Gasteiger partial charge < -0.3 is 5.32 Å². The van der Waals surface area contributed by atoms with Crippen molar-refractivity contribution in [1.82, 2.24) is 8.43 Å². The van der Waals surface area contributed by atoms with Crippen LogP contribution in [-0.4, -0.2) is 21.7 Å². The Morgan fingerprint density at radius 1 is 2.00 bits per heavy atom. The van der Waals surface area contributed by atoms with Gasteiger partial charge in [0.15, 0.2) is 0 Å². The molecule has 1 heterocycles. The molecule has 1 rings (SSSR count). The van der Waals surface area contributed by atoms with E-state index in [4.69, 9.17) is 0 Å². The van der Waals surface area contributed by atoms with Gasteiger partial charge in [-0.3, -0.25) is 3.11 Å². The normalized spacial score (nSPS) is 26.7. The van der Waals surface area contributed by atoms with Gasteiger partial charge in [0.05, 0.1) is 29.4 Å². The van der Waals surface area contributed by atoms with Crippen LogP contribution in [-0.2, 0) is 0 Å². The van der Waals surface area contributed by atoms with E-state index in [1.165, 1.54) is 0 Å². The first-order valence-electron chi connectivity index (χ1n) is 2.98. The van der Waals surface area contributed by atoms with Gasteiger partial charge in [0.1, 0.15) is 0 Å². The summed E-state index contributed by atoms with van der Waals surface area (Å²) < 4.78 is 1.67. The maximum atomic E-state index is 10.8. The smallest absolute Gasteiger partial charge is 0.326 e. The van der Waals surface area contributed by atoms with Crippen LogP contribution in [0.15, 0.2) is 0 Å². The van der Waals surface area contributed by atoms with Crippen molar-refractivity contribution in [3.05, 3.63) is 0 Å². The van der Waals surface area contributed by atoms with Crippen LogP contribution >= 0.6 is 22.9 Å². The lowest BCUT2D eigenvalue weighted by molar-refractivity contribution is 0.240. The highest BCUT2D eigenvalue weighted by molar-refractivity contribution is 14.1. The van der Waals surface area contributed by atoms with Gasteiger partial charge in [0.25, 0.3) is 0 Å². The monoisotopic (exact) mass is 240 g/mol. The van der Waals surface area contributed by atoms with Crippen LogP contribution in [0.25, 0.3) is 0 Å². The molecule has 0 aromatic carbocycles. The van der Waals surface area contributed by atoms with Crippen molar-refractivity contribution >= 4 is 28.9 Å². The van der Waals surface area contributed by atoms with E-state index in [-0.39, 0.29) is 6.03 Å². The van der Waals surface area contributed by atoms with E-state index in [1.54, 1.807) is 3.11 Å². The zero-order chi connectivity index (χ0) is 6.85. The molecule has 1 aliphatic heterocycles. The van der Waals surface area contributed by atoms with E-state index in [0.717, 1.165) is 13.0 Å². The first-order valence-corrected chi connectivity index (χ1v) is 3.94. The zero-order valence-electron chi connectivity index (χ0n) is 5.22. The average molecular weight is 240 g/mol. The van der Waals surface area contributed by atoms with Crippen molar-refractivity contribution in [1.29, 1.82) is 0 Å². The molecular formula is C5H9IN2O. The van der Waals surface area contributed by atoms with Crippen LogP contribution < -0.4 is 5.32 Å². The predicted molar refractivity (Wildman–Crippen MR) is 43.3 cm³/mol. The molecule has 52 valence electrons. The molecule has 2 amide bonds. The molecular weight excluding hydrogens is 231 g/mol. The van der Waals surface area contributed by atoms with Gasteiger partial charge >= 0.3 is 6.03 Å². The first kappa shape index (κ1) is 7.11. The van der Waals surface area contributed by atoms with Gasteiger partial charge in [-0.1, -0.05) is 6.92 Å². The second-order valence-corrected chi connectivity index (χ2v) is 3.26. The lowest BCUT2D eigenvalue weighted by atomic mass is 10.2. The van der Waals surface area contributed by atoms with Crippen LogP contribution in [0.4, 0.5) is 4.79 Å². The number of rotatable bonds is 1. The topological polar surface area (TPSA) is 32.3 Å². The minimum Gasteiger partial charge on any atom is -0.333 e. The van der Waals surface area contributed by atoms with Crippen molar-refractivity contribution in [2.45, 2.75) is 19.4 Å². The summed E-state index contributed by atoms with van der Waals surface area (Å²) in [5.41, 5.74) is 0. The van der Waals surface area contributed by atoms with Gasteiger partial charge in [-0.25, -0.2) is 4.79 Å². The molecule has 0 aromatic heterocycles. The number of urea groups is 1. The quantitative estimate of drug-likeness (QED) is 0.541. The van der Waals surface area contributed by atoms with Crippen molar-refractivity contribution in [2.75, 3.05) is 6.54 Å². The summed E-state index contributed by atoms with van der Waals surface area (Å²) in [6, 6.07) is 0.414. The van der Waals surface area contributed by atoms with Gasteiger partial charge in [-0.15, -0.1) is 0 Å². The second-order valence-electron chi connectivity index (χ2n) is 2.10. The first-order chi connectivity index (χ1) is 4.24. The van der Waals surface area contributed by atoms with Crippen molar-refractivity contribution in [2.24, 2.45) is 0 Å². The number of carbonyl (C=O) groups excluding carboxylic acids is 1. The highest BCUT2D eigenvalue weighted by Gasteiger charge is 2.24. The second kappa shape index (κ2) is 2.72. The van der Waals surface area contributed by atoms with E-state index in [2.05, 4.69) is 12.2 Å². The molecule has 4 heteroatoms. The van der Waals surface area contributed by atoms with E-state index in [1.807, 2.05) is 22.9 Å². The fourth-order valence-electron chi connectivity index (χ4n) is 0.798. The lowest BCUT2D eigenvalue weighted by Gasteiger charge is -2.01. The minimum atomic E-state index is 0.0439. The molecule has 1 fully saturated rings. The van der Waals surface area contributed by atoms with E-state index in [0.29, 0.717) is 6.04 Å². The summed E-state index contributed by atoms with van der Waals surface area (Å²) in [4.78, 5) is 10.8. The number of nitrogens with one attached hydrogen (secondary N) is 1. The molecule has 1 N–H and O–H groups in total. The summed E-state index contributed by atoms with van der Waals surface area (Å²) in [5, 5.41) is 2.83. The molecule has 0 bridgehead atoms. The molecule has 0 spiro atoms. The van der Waals surface area contributed by atoms with Crippen LogP contribution in [0.5, 0.6) is 0 Å². The van der Waals surface area contributed by atoms with Crippen LogP contribution in [0.2, 0.25) is 0 Å². The summed E-state index contributed by atoms with van der Waals surface area (Å²) in [6.07, 6.45) is 1.02. The number of hydrogen-bond acceptors (Lipinski definition) is 1. The van der Waals surface area contributed by atoms with Gasteiger partial charge in [-0.2, -0.15) is 0 Å². The Morgan fingerprint density at radius 3 is 2.89 bits per heavy atom. The Labute approximate surface area is 68.3 Å². The van der Waals surface area contributed by atoms with E-state index < -0.39 is 0 Å². The number of nitrogens with zero attached hydrogens (tertiary/aromatic N) is 1. The summed E-state index contributed by atoms with van der Waals surface area (Å²) in [6.45, 7) is 2.91. The van der Waals surface area contributed by atoms with Gasteiger partial charge in [0, 0.05) is 6.04 Å². The summed E-state index contributed by atoms with van der Waals surface area (Å²) >= 11 is 2.02. The van der Waals surface area contributed by atoms with E-state index >= 15 is 0 Å². The molecule has 0 aromatic rings. The Kier molecular flexibility index (Phi) is 2.15. The minimum absolute atomic E-state index is 0.0439. The maximum absolute atomic E-state index is 10.8. The van der Waals surface area contributed by atoms with Gasteiger partial charge in [0.2, 0.25) is 0 Å². The SMILES string of the molecule is CCC1CN(I)C(=O)N1. The summed E-state index contributed by atoms with van der Waals surface area (Å²) in [7, 11) is 0. The third-order valence-corrected chi connectivity index (χ3v) is 2.25. The molecule has 9 heavy (non-hydrogen) atoms. The van der Waals surface area contributed by atoms with Crippen molar-refractivity contribution < 1.29 is 4.79 Å². The molecule has 0 radical (unpaired) electrons. The highest BCUT2D eigenvalue weighted by Crippen LogP contribution is 2.10. The lowest BCUT2D eigenvalue weighted by Crippen LogP contribution is -2.25. The van der Waals surface area contributed by atoms with Crippen LogP contribution in [0, 0.1) is 0 Å². The predicted octanol–water partition coefficient (Wildman–Crippen LogP) is 1.14. The molecule has 0 aliphatic carbocycles. The number of carbonyl (C=O) groups is 1. The van der Waals surface area contributed by atoms with Crippen molar-refractivity contribution in [3.63, 3.8) is 0 Å². The zero-order valence-corrected chi connectivity index (χ0v) is 7.38. The van der Waals surface area contributed by atoms with Crippen LogP contribution in [0.3, 0.4) is 0 Å².